The second-order valence-corrected chi connectivity index (χ2v) is 5.57. The molecule has 0 aliphatic heterocycles. The van der Waals surface area contributed by atoms with Gasteiger partial charge in [-0.25, -0.2) is 0 Å². The number of ether oxygens (including phenoxy) is 1. The van der Waals surface area contributed by atoms with Gasteiger partial charge in [0.25, 0.3) is 0 Å². The highest BCUT2D eigenvalue weighted by atomic mass is 16.5. The minimum atomic E-state index is 0.526. The van der Waals surface area contributed by atoms with Gasteiger partial charge in [-0.05, 0) is 36.3 Å². The van der Waals surface area contributed by atoms with E-state index < -0.39 is 0 Å². The quantitative estimate of drug-likeness (QED) is 0.779. The lowest BCUT2D eigenvalue weighted by molar-refractivity contribution is 0.109. The molecule has 0 aromatic heterocycles. The van der Waals surface area contributed by atoms with E-state index in [0.717, 1.165) is 19.8 Å². The van der Waals surface area contributed by atoms with Crippen molar-refractivity contribution in [3.8, 4) is 0 Å². The van der Waals surface area contributed by atoms with Crippen LogP contribution >= 0.6 is 0 Å². The van der Waals surface area contributed by atoms with Crippen molar-refractivity contribution in [3.63, 3.8) is 0 Å². The highest BCUT2D eigenvalue weighted by molar-refractivity contribution is 5.32. The maximum atomic E-state index is 5.61. The van der Waals surface area contributed by atoms with Gasteiger partial charge < -0.3 is 10.1 Å². The minimum absolute atomic E-state index is 0.526. The summed E-state index contributed by atoms with van der Waals surface area (Å²) in [6.45, 7) is 7.00. The molecule has 0 amide bonds. The number of aryl methyl sites for hydroxylation is 1. The highest BCUT2D eigenvalue weighted by Crippen LogP contribution is 2.29. The molecule has 1 aromatic rings. The lowest BCUT2D eigenvalue weighted by Gasteiger charge is -2.26. The topological polar surface area (TPSA) is 21.3 Å². The first kappa shape index (κ1) is 13.6. The van der Waals surface area contributed by atoms with Gasteiger partial charge in [-0.2, -0.15) is 0 Å². The van der Waals surface area contributed by atoms with Crippen LogP contribution in [0.1, 0.15) is 43.9 Å². The Balaban J connectivity index is 1.77. The van der Waals surface area contributed by atoms with Crippen LogP contribution in [-0.2, 0) is 11.2 Å². The molecule has 0 radical (unpaired) electrons. The molecule has 1 aromatic carbocycles. The zero-order chi connectivity index (χ0) is 12.8. The summed E-state index contributed by atoms with van der Waals surface area (Å²) in [5, 5.41) is 3.63. The Kier molecular flexibility index (Phi) is 5.21. The SMILES string of the molecule is CC(C)COCCNC1CCCc2ccccc21. The van der Waals surface area contributed by atoms with Crippen LogP contribution < -0.4 is 5.32 Å². The van der Waals surface area contributed by atoms with E-state index >= 15 is 0 Å². The lowest BCUT2D eigenvalue weighted by atomic mass is 9.88. The first-order chi connectivity index (χ1) is 8.77. The van der Waals surface area contributed by atoms with Crippen LogP contribution in [0, 0.1) is 5.92 Å². The highest BCUT2D eigenvalue weighted by Gasteiger charge is 2.18. The van der Waals surface area contributed by atoms with Crippen LogP contribution in [0.5, 0.6) is 0 Å². The Labute approximate surface area is 111 Å². The van der Waals surface area contributed by atoms with Gasteiger partial charge in [-0.3, -0.25) is 0 Å². The zero-order valence-corrected chi connectivity index (χ0v) is 11.6. The molecule has 100 valence electrons. The van der Waals surface area contributed by atoms with E-state index in [1.807, 2.05) is 0 Å². The number of fused-ring (bicyclic) bond motifs is 1. The summed E-state index contributed by atoms with van der Waals surface area (Å²) in [7, 11) is 0. The molecular formula is C16H25NO. The molecule has 2 rings (SSSR count). The van der Waals surface area contributed by atoms with Gasteiger partial charge in [-0.1, -0.05) is 38.1 Å². The fourth-order valence-electron chi connectivity index (χ4n) is 2.59. The molecule has 0 saturated heterocycles. The first-order valence-corrected chi connectivity index (χ1v) is 7.16. The molecule has 0 spiro atoms. The van der Waals surface area contributed by atoms with Crippen molar-refractivity contribution in [2.24, 2.45) is 5.92 Å². The van der Waals surface area contributed by atoms with Crippen LogP contribution in [0.2, 0.25) is 0 Å². The molecule has 1 unspecified atom stereocenters. The Morgan fingerprint density at radius 2 is 2.17 bits per heavy atom. The Bertz CT molecular complexity index is 362. The number of hydrogen-bond acceptors (Lipinski definition) is 2. The molecular weight excluding hydrogens is 222 g/mol. The molecule has 0 heterocycles. The van der Waals surface area contributed by atoms with Gasteiger partial charge in [-0.15, -0.1) is 0 Å². The van der Waals surface area contributed by atoms with Crippen LogP contribution in [-0.4, -0.2) is 19.8 Å². The average molecular weight is 247 g/mol. The third kappa shape index (κ3) is 3.82. The molecule has 18 heavy (non-hydrogen) atoms. The van der Waals surface area contributed by atoms with E-state index in [9.17, 15) is 0 Å². The maximum Gasteiger partial charge on any atom is 0.0591 e. The van der Waals surface area contributed by atoms with E-state index in [1.54, 1.807) is 0 Å². The standard InChI is InChI=1S/C16H25NO/c1-13(2)12-18-11-10-17-16-9-5-7-14-6-3-4-8-15(14)16/h3-4,6,8,13,16-17H,5,7,9-12H2,1-2H3. The Morgan fingerprint density at radius 1 is 1.33 bits per heavy atom. The number of nitrogens with one attached hydrogen (secondary N) is 1. The number of benzene rings is 1. The largest absolute Gasteiger partial charge is 0.380 e. The van der Waals surface area contributed by atoms with Crippen LogP contribution in [0.25, 0.3) is 0 Å². The van der Waals surface area contributed by atoms with Gasteiger partial charge in [0.15, 0.2) is 0 Å². The fourth-order valence-corrected chi connectivity index (χ4v) is 2.59. The maximum absolute atomic E-state index is 5.61. The van der Waals surface area contributed by atoms with Crippen molar-refractivity contribution in [3.05, 3.63) is 35.4 Å². The molecule has 0 fully saturated rings. The molecule has 1 aliphatic rings. The number of rotatable bonds is 6. The minimum Gasteiger partial charge on any atom is -0.380 e. The van der Waals surface area contributed by atoms with E-state index in [1.165, 1.54) is 30.4 Å². The molecule has 0 saturated carbocycles. The third-order valence-corrected chi connectivity index (χ3v) is 3.46. The summed E-state index contributed by atoms with van der Waals surface area (Å²) >= 11 is 0. The predicted molar refractivity (Wildman–Crippen MR) is 75.8 cm³/mol. The summed E-state index contributed by atoms with van der Waals surface area (Å²) in [5.41, 5.74) is 3.01. The lowest BCUT2D eigenvalue weighted by Crippen LogP contribution is -2.28. The van der Waals surface area contributed by atoms with Crippen molar-refractivity contribution < 1.29 is 4.74 Å². The normalized spacial score (nSPS) is 18.9. The summed E-state index contributed by atoms with van der Waals surface area (Å²) < 4.78 is 5.61. The Hall–Kier alpha value is -0.860. The van der Waals surface area contributed by atoms with Crippen molar-refractivity contribution in [2.45, 2.75) is 39.2 Å². The Morgan fingerprint density at radius 3 is 3.00 bits per heavy atom. The monoisotopic (exact) mass is 247 g/mol. The van der Waals surface area contributed by atoms with Gasteiger partial charge in [0.1, 0.15) is 0 Å². The molecule has 1 aliphatic carbocycles. The van der Waals surface area contributed by atoms with E-state index in [0.29, 0.717) is 12.0 Å². The molecule has 1 N–H and O–H groups in total. The van der Waals surface area contributed by atoms with Gasteiger partial charge in [0.05, 0.1) is 6.61 Å². The van der Waals surface area contributed by atoms with E-state index in [-0.39, 0.29) is 0 Å². The summed E-state index contributed by atoms with van der Waals surface area (Å²) in [5.74, 6) is 0.625. The van der Waals surface area contributed by atoms with Gasteiger partial charge in [0, 0.05) is 19.2 Å². The predicted octanol–water partition coefficient (Wildman–Crippen LogP) is 3.33. The molecule has 0 bridgehead atoms. The van der Waals surface area contributed by atoms with E-state index in [2.05, 4.69) is 43.4 Å². The fraction of sp³-hybridized carbons (Fsp3) is 0.625. The van der Waals surface area contributed by atoms with Crippen LogP contribution in [0.4, 0.5) is 0 Å². The van der Waals surface area contributed by atoms with Gasteiger partial charge >= 0.3 is 0 Å². The zero-order valence-electron chi connectivity index (χ0n) is 11.6. The van der Waals surface area contributed by atoms with E-state index in [4.69, 9.17) is 4.74 Å². The smallest absolute Gasteiger partial charge is 0.0591 e. The molecule has 2 nitrogen and oxygen atoms in total. The van der Waals surface area contributed by atoms with Crippen molar-refractivity contribution in [2.75, 3.05) is 19.8 Å². The first-order valence-electron chi connectivity index (χ1n) is 7.16. The average Bonchev–Trinajstić information content (AvgIpc) is 2.38. The second kappa shape index (κ2) is 6.91. The molecule has 1 atom stereocenters. The van der Waals surface area contributed by atoms with Crippen molar-refractivity contribution >= 4 is 0 Å². The summed E-state index contributed by atoms with van der Waals surface area (Å²) in [6, 6.07) is 9.35. The second-order valence-electron chi connectivity index (χ2n) is 5.57. The number of hydrogen-bond donors (Lipinski definition) is 1. The van der Waals surface area contributed by atoms with Crippen molar-refractivity contribution in [1.82, 2.24) is 5.32 Å². The third-order valence-electron chi connectivity index (χ3n) is 3.46. The summed E-state index contributed by atoms with van der Waals surface area (Å²) in [6.07, 6.45) is 3.78. The van der Waals surface area contributed by atoms with Crippen LogP contribution in [0.15, 0.2) is 24.3 Å². The van der Waals surface area contributed by atoms with Crippen LogP contribution in [0.3, 0.4) is 0 Å². The molecule has 2 heteroatoms. The van der Waals surface area contributed by atoms with Gasteiger partial charge in [0.2, 0.25) is 0 Å². The van der Waals surface area contributed by atoms with Crippen molar-refractivity contribution in [1.29, 1.82) is 0 Å². The summed E-state index contributed by atoms with van der Waals surface area (Å²) in [4.78, 5) is 0.